The summed E-state index contributed by atoms with van der Waals surface area (Å²) in [5, 5.41) is 2.85. The van der Waals surface area contributed by atoms with E-state index in [4.69, 9.17) is 4.42 Å². The minimum absolute atomic E-state index is 0.104. The van der Waals surface area contributed by atoms with Gasteiger partial charge in [0.25, 0.3) is 5.91 Å². The molecule has 0 aromatic carbocycles. The van der Waals surface area contributed by atoms with E-state index < -0.39 is 0 Å². The zero-order valence-electron chi connectivity index (χ0n) is 14.9. The van der Waals surface area contributed by atoms with Gasteiger partial charge in [0.2, 0.25) is 0 Å². The number of aromatic nitrogens is 1. The fourth-order valence-corrected chi connectivity index (χ4v) is 4.40. The lowest BCUT2D eigenvalue weighted by Gasteiger charge is -2.21. The Morgan fingerprint density at radius 3 is 3.07 bits per heavy atom. The monoisotopic (exact) mass is 379 g/mol. The number of furan rings is 1. The van der Waals surface area contributed by atoms with Crippen molar-refractivity contribution in [2.45, 2.75) is 18.9 Å². The Bertz CT molecular complexity index is 903. The van der Waals surface area contributed by atoms with Crippen LogP contribution in [0.15, 0.2) is 65.4 Å². The number of pyridine rings is 1. The minimum atomic E-state index is -0.104. The normalized spacial score (nSPS) is 17.6. The summed E-state index contributed by atoms with van der Waals surface area (Å²) >= 11 is 1.57. The minimum Gasteiger partial charge on any atom is -0.465 e. The number of rotatable bonds is 6. The molecule has 4 rings (SSSR count). The van der Waals surface area contributed by atoms with E-state index in [1.54, 1.807) is 29.9 Å². The van der Waals surface area contributed by atoms with Gasteiger partial charge in [0.05, 0.1) is 11.1 Å². The van der Waals surface area contributed by atoms with Crippen molar-refractivity contribution in [2.75, 3.05) is 18.4 Å². The number of anilines is 1. The molecule has 0 radical (unpaired) electrons. The average molecular weight is 379 g/mol. The highest BCUT2D eigenvalue weighted by molar-refractivity contribution is 7.14. The Morgan fingerprint density at radius 1 is 1.30 bits per heavy atom. The predicted octanol–water partition coefficient (Wildman–Crippen LogP) is 4.84. The number of hydrogen-bond acceptors (Lipinski definition) is 5. The Labute approximate surface area is 162 Å². The second kappa shape index (κ2) is 8.33. The maximum atomic E-state index is 12.5. The van der Waals surface area contributed by atoms with Crippen LogP contribution in [0.5, 0.6) is 0 Å². The van der Waals surface area contributed by atoms with Crippen LogP contribution in [0, 0.1) is 0 Å². The van der Waals surface area contributed by atoms with Gasteiger partial charge in [-0.1, -0.05) is 12.1 Å². The third-order valence-corrected chi connectivity index (χ3v) is 5.80. The lowest BCUT2D eigenvalue weighted by atomic mass is 10.2. The third kappa shape index (κ3) is 4.35. The van der Waals surface area contributed by atoms with Crippen LogP contribution in [0.25, 0.3) is 6.08 Å². The van der Waals surface area contributed by atoms with Crippen molar-refractivity contribution in [3.63, 3.8) is 0 Å². The number of nitrogens with zero attached hydrogens (tertiary/aromatic N) is 2. The number of thiophene rings is 1. The second-order valence-electron chi connectivity index (χ2n) is 6.44. The predicted molar refractivity (Wildman–Crippen MR) is 108 cm³/mol. The number of nitrogens with one attached hydrogen (secondary N) is 1. The number of carbonyl (C=O) groups is 1. The quantitative estimate of drug-likeness (QED) is 0.666. The molecule has 1 aliphatic heterocycles. The lowest BCUT2D eigenvalue weighted by molar-refractivity contribution is 0.103. The fourth-order valence-electron chi connectivity index (χ4n) is 3.33. The number of carbonyl (C=O) groups excluding carboxylic acids is 1. The zero-order chi connectivity index (χ0) is 18.5. The van der Waals surface area contributed by atoms with Gasteiger partial charge in [0.15, 0.2) is 0 Å². The highest BCUT2D eigenvalue weighted by atomic mass is 32.1. The molecule has 1 N–H and O–H groups in total. The molecule has 6 heteroatoms. The van der Waals surface area contributed by atoms with Crippen LogP contribution in [0.2, 0.25) is 0 Å². The molecule has 0 spiro atoms. The molecule has 1 aliphatic rings. The van der Waals surface area contributed by atoms with Gasteiger partial charge >= 0.3 is 0 Å². The van der Waals surface area contributed by atoms with E-state index in [1.807, 2.05) is 36.4 Å². The van der Waals surface area contributed by atoms with Crippen LogP contribution < -0.4 is 5.32 Å². The molecule has 4 heterocycles. The summed E-state index contributed by atoms with van der Waals surface area (Å²) < 4.78 is 5.34. The van der Waals surface area contributed by atoms with Crippen LogP contribution in [0.3, 0.4) is 0 Å². The molecule has 3 aromatic rings. The Balaban J connectivity index is 1.40. The average Bonchev–Trinajstić information content (AvgIpc) is 3.44. The molecule has 3 aromatic heterocycles. The van der Waals surface area contributed by atoms with E-state index in [2.05, 4.69) is 27.3 Å². The topological polar surface area (TPSA) is 58.4 Å². The standard InChI is InChI=1S/C21H21N3O2S/c25-21(23-20-9-1-2-12-22-20)19-11-10-18(27-19)17-8-4-14-24(17)13-3-6-16-7-5-15-26-16/h1-3,5-7,9-12,15,17H,4,8,13-14H2,(H,22,23,25). The van der Waals surface area contributed by atoms with Crippen molar-refractivity contribution in [3.05, 3.63) is 76.5 Å². The summed E-state index contributed by atoms with van der Waals surface area (Å²) in [5.74, 6) is 1.34. The van der Waals surface area contributed by atoms with E-state index in [1.165, 1.54) is 11.3 Å². The van der Waals surface area contributed by atoms with Crippen molar-refractivity contribution in [2.24, 2.45) is 0 Å². The largest absolute Gasteiger partial charge is 0.465 e. The summed E-state index contributed by atoms with van der Waals surface area (Å²) in [7, 11) is 0. The van der Waals surface area contributed by atoms with Gasteiger partial charge in [0.1, 0.15) is 11.6 Å². The molecule has 0 aliphatic carbocycles. The smallest absolute Gasteiger partial charge is 0.266 e. The molecular weight excluding hydrogens is 358 g/mol. The van der Waals surface area contributed by atoms with Crippen molar-refractivity contribution in [1.82, 2.24) is 9.88 Å². The maximum Gasteiger partial charge on any atom is 0.266 e. The molecular formula is C21H21N3O2S. The van der Waals surface area contributed by atoms with Crippen molar-refractivity contribution in [1.29, 1.82) is 0 Å². The van der Waals surface area contributed by atoms with Crippen LogP contribution in [0.1, 0.15) is 39.2 Å². The molecule has 0 bridgehead atoms. The van der Waals surface area contributed by atoms with Gasteiger partial charge in [-0.25, -0.2) is 4.98 Å². The zero-order valence-corrected chi connectivity index (χ0v) is 15.7. The van der Waals surface area contributed by atoms with Gasteiger partial charge in [-0.15, -0.1) is 11.3 Å². The third-order valence-electron chi connectivity index (χ3n) is 4.61. The van der Waals surface area contributed by atoms with E-state index in [-0.39, 0.29) is 5.91 Å². The molecule has 5 nitrogen and oxygen atoms in total. The molecule has 1 saturated heterocycles. The second-order valence-corrected chi connectivity index (χ2v) is 7.56. The Hall–Kier alpha value is -2.70. The highest BCUT2D eigenvalue weighted by Gasteiger charge is 2.27. The van der Waals surface area contributed by atoms with Gasteiger partial charge in [-0.05, 0) is 61.9 Å². The summed E-state index contributed by atoms with van der Waals surface area (Å²) in [5.41, 5.74) is 0. The molecule has 138 valence electrons. The van der Waals surface area contributed by atoms with E-state index in [9.17, 15) is 4.79 Å². The molecule has 27 heavy (non-hydrogen) atoms. The first-order valence-electron chi connectivity index (χ1n) is 9.06. The summed E-state index contributed by atoms with van der Waals surface area (Å²) in [4.78, 5) is 21.0. The lowest BCUT2D eigenvalue weighted by Crippen LogP contribution is -2.22. The van der Waals surface area contributed by atoms with Crippen LogP contribution >= 0.6 is 11.3 Å². The summed E-state index contributed by atoms with van der Waals surface area (Å²) in [6.07, 6.45) is 9.79. The van der Waals surface area contributed by atoms with Gasteiger partial charge < -0.3 is 9.73 Å². The molecule has 1 unspecified atom stereocenters. The maximum absolute atomic E-state index is 12.5. The van der Waals surface area contributed by atoms with E-state index in [0.717, 1.165) is 25.3 Å². The highest BCUT2D eigenvalue weighted by Crippen LogP contribution is 2.36. The van der Waals surface area contributed by atoms with Crippen LogP contribution in [0.4, 0.5) is 5.82 Å². The Morgan fingerprint density at radius 2 is 2.26 bits per heavy atom. The molecule has 1 fully saturated rings. The van der Waals surface area contributed by atoms with Gasteiger partial charge in [0, 0.05) is 23.7 Å². The first-order valence-corrected chi connectivity index (χ1v) is 9.87. The summed E-state index contributed by atoms with van der Waals surface area (Å²) in [6, 6.07) is 13.7. The van der Waals surface area contributed by atoms with Crippen LogP contribution in [-0.2, 0) is 0 Å². The van der Waals surface area contributed by atoms with Gasteiger partial charge in [-0.2, -0.15) is 0 Å². The van der Waals surface area contributed by atoms with Crippen LogP contribution in [-0.4, -0.2) is 28.9 Å². The first kappa shape index (κ1) is 17.7. The van der Waals surface area contributed by atoms with Gasteiger partial charge in [-0.3, -0.25) is 9.69 Å². The molecule has 1 atom stereocenters. The number of amides is 1. The summed E-state index contributed by atoms with van der Waals surface area (Å²) in [6.45, 7) is 1.94. The van der Waals surface area contributed by atoms with Crippen molar-refractivity contribution in [3.8, 4) is 0 Å². The molecule has 0 saturated carbocycles. The van der Waals surface area contributed by atoms with Crippen molar-refractivity contribution < 1.29 is 9.21 Å². The molecule has 1 amide bonds. The van der Waals surface area contributed by atoms with Crippen molar-refractivity contribution >= 4 is 29.1 Å². The fraction of sp³-hybridized carbons (Fsp3) is 0.238. The van der Waals surface area contributed by atoms with E-state index in [0.29, 0.717) is 16.7 Å². The number of likely N-dealkylation sites (tertiary alicyclic amines) is 1. The SMILES string of the molecule is O=C(Nc1ccccn1)c1ccc(C2CCCN2CC=Cc2ccco2)s1. The number of hydrogen-bond donors (Lipinski definition) is 1. The van der Waals surface area contributed by atoms with E-state index >= 15 is 0 Å². The first-order chi connectivity index (χ1) is 13.3. The Kier molecular flexibility index (Phi) is 5.46.